The molecule has 1 heterocycles. The first-order valence-corrected chi connectivity index (χ1v) is 8.53. The van der Waals surface area contributed by atoms with Crippen LogP contribution in [0.25, 0.3) is 0 Å². The Morgan fingerprint density at radius 3 is 2.55 bits per heavy atom. The summed E-state index contributed by atoms with van der Waals surface area (Å²) in [7, 11) is 0. The molecule has 0 aromatic heterocycles. The van der Waals surface area contributed by atoms with E-state index >= 15 is 0 Å². The predicted molar refractivity (Wildman–Crippen MR) is 83.3 cm³/mol. The van der Waals surface area contributed by atoms with Gasteiger partial charge in [0.05, 0.1) is 11.7 Å². The van der Waals surface area contributed by atoms with Crippen molar-refractivity contribution in [2.24, 2.45) is 11.8 Å². The maximum absolute atomic E-state index is 12.9. The largest absolute Gasteiger partial charge is 0.322 e. The third kappa shape index (κ3) is 2.74. The number of carbonyl (C=O) groups is 1. The Bertz CT molecular complexity index is 357. The minimum atomic E-state index is -0.345. The van der Waals surface area contributed by atoms with E-state index in [-0.39, 0.29) is 11.7 Å². The molecular weight excluding hydrogens is 248 g/mol. The molecule has 0 bridgehead atoms. The van der Waals surface area contributed by atoms with E-state index in [1.807, 2.05) is 0 Å². The Morgan fingerprint density at radius 2 is 2.00 bits per heavy atom. The molecule has 0 aromatic rings. The summed E-state index contributed by atoms with van der Waals surface area (Å²) in [4.78, 5) is 15.2. The highest BCUT2D eigenvalue weighted by Gasteiger charge is 2.50. The molecule has 0 spiro atoms. The Hall–Kier alpha value is -0.570. The molecule has 116 valence electrons. The number of hydrogen-bond acceptors (Lipinski definition) is 2. The van der Waals surface area contributed by atoms with Crippen LogP contribution in [0.3, 0.4) is 0 Å². The lowest BCUT2D eigenvalue weighted by Crippen LogP contribution is -2.49. The Balaban J connectivity index is 2.20. The zero-order chi connectivity index (χ0) is 14.9. The van der Waals surface area contributed by atoms with E-state index in [4.69, 9.17) is 0 Å². The molecule has 3 nitrogen and oxygen atoms in total. The number of hydrogen-bond donors (Lipinski definition) is 1. The van der Waals surface area contributed by atoms with Crippen molar-refractivity contribution in [2.45, 2.75) is 90.9 Å². The monoisotopic (exact) mass is 280 g/mol. The first-order valence-electron chi connectivity index (χ1n) is 8.53. The molecule has 2 aliphatic rings. The van der Waals surface area contributed by atoms with Gasteiger partial charge in [0.25, 0.3) is 0 Å². The Kier molecular flexibility index (Phi) is 4.78. The average Bonchev–Trinajstić information content (AvgIpc) is 2.64. The molecule has 5 atom stereocenters. The van der Waals surface area contributed by atoms with Crippen LogP contribution in [0.15, 0.2) is 0 Å². The van der Waals surface area contributed by atoms with Gasteiger partial charge in [-0.05, 0) is 50.9 Å². The molecule has 1 saturated carbocycles. The van der Waals surface area contributed by atoms with Crippen molar-refractivity contribution in [3.8, 4) is 0 Å². The highest BCUT2D eigenvalue weighted by atomic mass is 16.2. The van der Waals surface area contributed by atoms with Gasteiger partial charge in [-0.1, -0.05) is 34.1 Å². The average molecular weight is 280 g/mol. The number of carbonyl (C=O) groups excluding carboxylic acids is 1. The summed E-state index contributed by atoms with van der Waals surface area (Å²) in [6.07, 6.45) is 7.02. The van der Waals surface area contributed by atoms with Crippen LogP contribution in [-0.4, -0.2) is 28.6 Å². The lowest BCUT2D eigenvalue weighted by atomic mass is 9.78. The summed E-state index contributed by atoms with van der Waals surface area (Å²) in [6.45, 7) is 11.1. The van der Waals surface area contributed by atoms with Crippen molar-refractivity contribution in [1.29, 1.82) is 0 Å². The summed E-state index contributed by atoms with van der Waals surface area (Å²) in [6, 6.07) is 0.441. The lowest BCUT2D eigenvalue weighted by molar-refractivity contribution is -0.137. The highest BCUT2D eigenvalue weighted by Crippen LogP contribution is 2.37. The molecule has 3 heteroatoms. The SMILES string of the molecule is CCCC1NC(C)(CC)C(=O)N1C1CCC(C)CC1C. The van der Waals surface area contributed by atoms with E-state index < -0.39 is 0 Å². The molecule has 0 radical (unpaired) electrons. The van der Waals surface area contributed by atoms with Gasteiger partial charge in [0.15, 0.2) is 0 Å². The van der Waals surface area contributed by atoms with Crippen LogP contribution in [0.1, 0.15) is 73.1 Å². The van der Waals surface area contributed by atoms with Crippen LogP contribution >= 0.6 is 0 Å². The smallest absolute Gasteiger partial charge is 0.244 e. The fourth-order valence-electron chi connectivity index (χ4n) is 4.11. The van der Waals surface area contributed by atoms with Crippen LogP contribution in [0, 0.1) is 11.8 Å². The topological polar surface area (TPSA) is 32.3 Å². The summed E-state index contributed by atoms with van der Waals surface area (Å²) in [5.41, 5.74) is -0.345. The molecule has 0 aromatic carbocycles. The van der Waals surface area contributed by atoms with Crippen molar-refractivity contribution in [1.82, 2.24) is 10.2 Å². The molecule has 2 fully saturated rings. The molecule has 2 rings (SSSR count). The van der Waals surface area contributed by atoms with Gasteiger partial charge in [0.2, 0.25) is 5.91 Å². The fourth-order valence-corrected chi connectivity index (χ4v) is 4.11. The summed E-state index contributed by atoms with van der Waals surface area (Å²) in [5, 5.41) is 3.62. The first kappa shape index (κ1) is 15.8. The van der Waals surface area contributed by atoms with Gasteiger partial charge in [0, 0.05) is 6.04 Å². The third-order valence-corrected chi connectivity index (χ3v) is 5.54. The van der Waals surface area contributed by atoms with E-state index in [1.165, 1.54) is 19.3 Å². The van der Waals surface area contributed by atoms with Crippen molar-refractivity contribution in [3.05, 3.63) is 0 Å². The minimum absolute atomic E-state index is 0.248. The van der Waals surface area contributed by atoms with Crippen molar-refractivity contribution in [2.75, 3.05) is 0 Å². The molecule has 1 amide bonds. The van der Waals surface area contributed by atoms with Crippen molar-refractivity contribution in [3.63, 3.8) is 0 Å². The maximum atomic E-state index is 12.9. The second-order valence-electron chi connectivity index (χ2n) is 7.31. The first-order chi connectivity index (χ1) is 9.42. The number of nitrogens with zero attached hydrogens (tertiary/aromatic N) is 1. The molecule has 1 aliphatic carbocycles. The van der Waals surface area contributed by atoms with Crippen LogP contribution in [0.4, 0.5) is 0 Å². The van der Waals surface area contributed by atoms with Gasteiger partial charge >= 0.3 is 0 Å². The zero-order valence-electron chi connectivity index (χ0n) is 13.9. The van der Waals surface area contributed by atoms with Gasteiger partial charge in [0.1, 0.15) is 0 Å². The Labute approximate surface area is 124 Å². The van der Waals surface area contributed by atoms with E-state index in [2.05, 4.69) is 44.8 Å². The van der Waals surface area contributed by atoms with E-state index in [0.717, 1.165) is 25.2 Å². The number of amides is 1. The summed E-state index contributed by atoms with van der Waals surface area (Å²) >= 11 is 0. The van der Waals surface area contributed by atoms with Gasteiger partial charge < -0.3 is 4.90 Å². The van der Waals surface area contributed by atoms with Crippen LogP contribution < -0.4 is 5.32 Å². The van der Waals surface area contributed by atoms with Gasteiger partial charge in [-0.3, -0.25) is 10.1 Å². The molecule has 1 saturated heterocycles. The molecule has 1 aliphatic heterocycles. The van der Waals surface area contributed by atoms with Gasteiger partial charge in [-0.15, -0.1) is 0 Å². The van der Waals surface area contributed by atoms with Crippen LogP contribution in [0.2, 0.25) is 0 Å². The van der Waals surface area contributed by atoms with Crippen LogP contribution in [-0.2, 0) is 4.79 Å². The summed E-state index contributed by atoms with van der Waals surface area (Å²) < 4.78 is 0. The summed E-state index contributed by atoms with van der Waals surface area (Å²) in [5.74, 6) is 1.78. The highest BCUT2D eigenvalue weighted by molar-refractivity contribution is 5.88. The second-order valence-corrected chi connectivity index (χ2v) is 7.31. The van der Waals surface area contributed by atoms with E-state index in [9.17, 15) is 4.79 Å². The fraction of sp³-hybridized carbons (Fsp3) is 0.941. The second kappa shape index (κ2) is 6.05. The van der Waals surface area contributed by atoms with Gasteiger partial charge in [-0.25, -0.2) is 0 Å². The molecule has 20 heavy (non-hydrogen) atoms. The van der Waals surface area contributed by atoms with Crippen molar-refractivity contribution < 1.29 is 4.79 Å². The predicted octanol–water partition coefficient (Wildman–Crippen LogP) is 3.54. The van der Waals surface area contributed by atoms with Gasteiger partial charge in [-0.2, -0.15) is 0 Å². The Morgan fingerprint density at radius 1 is 1.30 bits per heavy atom. The third-order valence-electron chi connectivity index (χ3n) is 5.54. The van der Waals surface area contributed by atoms with Crippen LogP contribution in [0.5, 0.6) is 0 Å². The normalized spacial score (nSPS) is 42.2. The number of rotatable bonds is 4. The number of nitrogens with one attached hydrogen (secondary N) is 1. The quantitative estimate of drug-likeness (QED) is 0.854. The molecular formula is C17H32N2O. The van der Waals surface area contributed by atoms with E-state index in [0.29, 0.717) is 17.9 Å². The van der Waals surface area contributed by atoms with E-state index in [1.54, 1.807) is 0 Å². The standard InChI is InChI=1S/C17H32N2O/c1-6-8-15-18-17(5,7-2)16(20)19(15)14-10-9-12(3)11-13(14)4/h12-15,18H,6-11H2,1-5H3. The van der Waals surface area contributed by atoms with Crippen molar-refractivity contribution >= 4 is 5.91 Å². The molecule has 5 unspecified atom stereocenters. The minimum Gasteiger partial charge on any atom is -0.322 e. The molecule has 1 N–H and O–H groups in total. The maximum Gasteiger partial charge on any atom is 0.244 e. The zero-order valence-corrected chi connectivity index (χ0v) is 13.9. The lowest BCUT2D eigenvalue weighted by Gasteiger charge is -2.41.